The van der Waals surface area contributed by atoms with Crippen molar-refractivity contribution in [2.75, 3.05) is 27.3 Å². The van der Waals surface area contributed by atoms with Crippen molar-refractivity contribution < 1.29 is 46.9 Å². The Morgan fingerprint density at radius 1 is 1.11 bits per heavy atom. The number of amides is 3. The fraction of sp³-hybridized carbons (Fsp3) is 0.521. The largest absolute Gasteiger partial charge is 0.508 e. The number of hydrogen-bond donors (Lipinski definition) is 3. The number of benzene rings is 2. The summed E-state index contributed by atoms with van der Waals surface area (Å²) in [5.41, 5.74) is 9.04. The van der Waals surface area contributed by atoms with Gasteiger partial charge in [-0.3, -0.25) is 29.2 Å². The molecule has 64 heavy (non-hydrogen) atoms. The highest BCUT2D eigenvalue weighted by molar-refractivity contribution is 5.96. The van der Waals surface area contributed by atoms with E-state index in [4.69, 9.17) is 14.5 Å². The molecule has 0 spiro atoms. The Morgan fingerprint density at radius 2 is 1.86 bits per heavy atom. The van der Waals surface area contributed by atoms with Crippen molar-refractivity contribution in [1.29, 1.82) is 0 Å². The summed E-state index contributed by atoms with van der Waals surface area (Å²) in [6.07, 6.45) is -2.21. The number of carbonyl (C=O) groups excluding carboxylic acids is 4. The number of hydrazine groups is 1. The number of pyridine rings is 1. The number of carbonyl (C=O) groups is 4. The minimum Gasteiger partial charge on any atom is -0.508 e. The fourth-order valence-electron chi connectivity index (χ4n) is 9.48. The Hall–Kier alpha value is -5.48. The zero-order valence-corrected chi connectivity index (χ0v) is 37.7. The summed E-state index contributed by atoms with van der Waals surface area (Å²) in [5.74, 6) is -6.29. The number of cyclic esters (lactones) is 1. The lowest BCUT2D eigenvalue weighted by Crippen LogP contribution is -2.62. The second-order valence-electron chi connectivity index (χ2n) is 18.7. The average molecular weight is 889 g/mol. The van der Waals surface area contributed by atoms with Crippen LogP contribution in [0.5, 0.6) is 5.75 Å². The van der Waals surface area contributed by atoms with Gasteiger partial charge in [0.15, 0.2) is 0 Å². The van der Waals surface area contributed by atoms with Crippen LogP contribution in [0.2, 0.25) is 0 Å². The highest BCUT2D eigenvalue weighted by Gasteiger charge is 2.60. The second kappa shape index (κ2) is 18.2. The summed E-state index contributed by atoms with van der Waals surface area (Å²) in [5, 5.41) is 16.3. The first-order valence-corrected chi connectivity index (χ1v) is 22.1. The van der Waals surface area contributed by atoms with Crippen LogP contribution in [0.15, 0.2) is 54.7 Å². The van der Waals surface area contributed by atoms with Gasteiger partial charge >= 0.3 is 12.1 Å². The van der Waals surface area contributed by atoms with Crippen LogP contribution in [0.25, 0.3) is 33.3 Å². The molecule has 7 rings (SSSR count). The summed E-state index contributed by atoms with van der Waals surface area (Å²) < 4.78 is 54.5. The lowest BCUT2D eigenvalue weighted by molar-refractivity contribution is -0.159. The highest BCUT2D eigenvalue weighted by Crippen LogP contribution is 2.51. The number of ether oxygens (including phenoxy) is 2. The number of esters is 1. The predicted octanol–water partition coefficient (Wildman–Crippen LogP) is 7.13. The summed E-state index contributed by atoms with van der Waals surface area (Å²) in [6.45, 7) is 12.4. The van der Waals surface area contributed by atoms with Crippen molar-refractivity contribution in [2.24, 2.45) is 23.2 Å². The van der Waals surface area contributed by atoms with Crippen molar-refractivity contribution in [1.82, 2.24) is 30.2 Å². The number of nitrogens with zero attached hydrogens (tertiary/aromatic N) is 4. The van der Waals surface area contributed by atoms with Crippen LogP contribution in [-0.2, 0) is 48.0 Å². The number of hydrogen-bond acceptors (Lipinski definition) is 9. The molecule has 3 aliphatic rings. The molecule has 3 N–H and O–H groups in total. The third-order valence-electron chi connectivity index (χ3n) is 12.9. The first kappa shape index (κ1) is 46.5. The van der Waals surface area contributed by atoms with Gasteiger partial charge in [0.1, 0.15) is 23.9 Å². The first-order chi connectivity index (χ1) is 30.2. The van der Waals surface area contributed by atoms with Crippen LogP contribution in [0.4, 0.5) is 13.2 Å². The average Bonchev–Trinajstić information content (AvgIpc) is 4.02. The van der Waals surface area contributed by atoms with Gasteiger partial charge in [-0.1, -0.05) is 39.8 Å². The molecule has 0 radical (unpaired) electrons. The Kier molecular flexibility index (Phi) is 13.2. The van der Waals surface area contributed by atoms with Crippen LogP contribution in [-0.4, -0.2) is 99.9 Å². The van der Waals surface area contributed by atoms with Gasteiger partial charge in [0.25, 0.3) is 5.91 Å². The van der Waals surface area contributed by atoms with E-state index in [2.05, 4.69) is 28.3 Å². The molecule has 2 fully saturated rings. The predicted molar refractivity (Wildman–Crippen MR) is 234 cm³/mol. The maximum Gasteiger partial charge on any atom is 0.392 e. The molecule has 2 aromatic carbocycles. The van der Waals surface area contributed by atoms with E-state index in [1.54, 1.807) is 33.2 Å². The molecule has 3 amide bonds. The third-order valence-corrected chi connectivity index (χ3v) is 12.9. The van der Waals surface area contributed by atoms with E-state index in [1.165, 1.54) is 18.1 Å². The summed E-state index contributed by atoms with van der Waals surface area (Å²) in [7, 11) is 2.96. The fourth-order valence-corrected chi connectivity index (χ4v) is 9.48. The van der Waals surface area contributed by atoms with E-state index in [-0.39, 0.29) is 37.8 Å². The molecule has 6 atom stereocenters. The quantitative estimate of drug-likeness (QED) is 0.149. The van der Waals surface area contributed by atoms with E-state index in [0.29, 0.717) is 36.9 Å². The number of phenolic OH excluding ortho intramolecular Hbond substituents is 1. The molecule has 4 heterocycles. The molecule has 344 valence electrons. The number of halogens is 3. The monoisotopic (exact) mass is 888 g/mol. The Balaban J connectivity index is 1.33. The van der Waals surface area contributed by atoms with Gasteiger partial charge in [-0.2, -0.15) is 13.2 Å². The van der Waals surface area contributed by atoms with Gasteiger partial charge in [0.2, 0.25) is 11.8 Å². The van der Waals surface area contributed by atoms with Gasteiger partial charge in [-0.05, 0) is 104 Å². The van der Waals surface area contributed by atoms with E-state index >= 15 is 0 Å². The number of aromatic nitrogens is 2. The highest BCUT2D eigenvalue weighted by atomic mass is 19.4. The van der Waals surface area contributed by atoms with Gasteiger partial charge in [0.05, 0.1) is 35.9 Å². The molecule has 2 aliphatic heterocycles. The molecule has 1 aliphatic carbocycles. The Labute approximate surface area is 371 Å². The number of likely N-dealkylation sites (N-methyl/N-ethyl adjacent to an activating group) is 1. The molecule has 2 unspecified atom stereocenters. The zero-order chi connectivity index (χ0) is 46.4. The van der Waals surface area contributed by atoms with Gasteiger partial charge in [-0.15, -0.1) is 0 Å². The van der Waals surface area contributed by atoms with Gasteiger partial charge in [-0.25, -0.2) is 5.43 Å². The van der Waals surface area contributed by atoms with Crippen molar-refractivity contribution >= 4 is 34.6 Å². The molecule has 16 heteroatoms. The molecule has 1 saturated carbocycles. The van der Waals surface area contributed by atoms with Crippen LogP contribution < -0.4 is 10.7 Å². The molecular formula is C48H59F3N6O7. The second-order valence-corrected chi connectivity index (χ2v) is 18.7. The van der Waals surface area contributed by atoms with Crippen molar-refractivity contribution in [3.05, 3.63) is 71.5 Å². The maximum absolute atomic E-state index is 14.6. The van der Waals surface area contributed by atoms with Crippen molar-refractivity contribution in [3.63, 3.8) is 0 Å². The molecule has 4 aromatic rings. The normalized spacial score (nSPS) is 22.4. The summed E-state index contributed by atoms with van der Waals surface area (Å²) in [6, 6.07) is 11.7. The standard InChI is InChI=1S/C48H59F3N6O7/c1-9-56-39-15-14-29-22-33(39)35(42(56)32-12-10-16-52-40(32)27(4)63-8)24-47(5,6)25-64-46(62)37-13-11-17-57(54-37)45(61)38(20-28-18-30(29)21-31(58)19-28)53-43(59)41(26(2)3)55(7)44(60)34-23-36(34)48(49,50)51/h10,12,14-16,18-19,21-22,26-27,34,36-38,41,54,58H,9,11,13,17,20,23-25H2,1-8H3,(H,53,59)/t27-,34+,36?,37-,38-,41?/m0/s1. The Bertz CT molecular complexity index is 2430. The van der Waals surface area contributed by atoms with Crippen molar-refractivity contribution in [2.45, 2.75) is 111 Å². The van der Waals surface area contributed by atoms with Crippen molar-refractivity contribution in [3.8, 4) is 28.1 Å². The minimum absolute atomic E-state index is 0.0618. The summed E-state index contributed by atoms with van der Waals surface area (Å²) >= 11 is 0. The number of aromatic hydroxyl groups is 1. The van der Waals surface area contributed by atoms with Crippen LogP contribution >= 0.6 is 0 Å². The van der Waals surface area contributed by atoms with Crippen LogP contribution in [0, 0.1) is 23.2 Å². The number of fused-ring (bicyclic) bond motifs is 6. The molecular weight excluding hydrogens is 830 g/mol. The topological polar surface area (TPSA) is 155 Å². The number of phenols is 1. The van der Waals surface area contributed by atoms with E-state index in [9.17, 15) is 37.5 Å². The molecule has 2 aromatic heterocycles. The number of rotatable bonds is 9. The number of aryl methyl sites for hydroxylation is 1. The zero-order valence-electron chi connectivity index (χ0n) is 37.7. The van der Waals surface area contributed by atoms with Gasteiger partial charge in [0, 0.05) is 61.7 Å². The number of methoxy groups -OCH3 is 1. The molecule has 1 saturated heterocycles. The lowest BCUT2D eigenvalue weighted by Gasteiger charge is -2.37. The lowest BCUT2D eigenvalue weighted by atomic mass is 9.84. The van der Waals surface area contributed by atoms with Gasteiger partial charge < -0.3 is 29.4 Å². The number of alkyl halides is 3. The maximum atomic E-state index is 14.6. The Morgan fingerprint density at radius 3 is 2.53 bits per heavy atom. The minimum atomic E-state index is -4.53. The first-order valence-electron chi connectivity index (χ1n) is 22.1. The molecule has 6 bridgehead atoms. The van der Waals surface area contributed by atoms with E-state index in [1.807, 2.05) is 51.1 Å². The van der Waals surface area contributed by atoms with E-state index in [0.717, 1.165) is 43.9 Å². The van der Waals surface area contributed by atoms with Crippen LogP contribution in [0.3, 0.4) is 0 Å². The van der Waals surface area contributed by atoms with E-state index < -0.39 is 71.2 Å². The SMILES string of the molecule is CCn1c(-c2cccnc2[C@H](C)OC)c2c3cc(ccc31)-c1cc(O)cc(c1)C[C@H](NC(=O)C(C(C)C)N(C)C(=O)[C@@H]1CC1C(F)(F)F)C(=O)N1CCC[C@H](N1)C(=O)OCC(C)(C)C2. The number of nitrogens with one attached hydrogen (secondary N) is 2. The summed E-state index contributed by atoms with van der Waals surface area (Å²) in [4.78, 5) is 61.8. The molecule has 13 nitrogen and oxygen atoms in total. The van der Waals surface area contributed by atoms with Crippen LogP contribution in [0.1, 0.15) is 83.7 Å². The smallest absolute Gasteiger partial charge is 0.392 e. The third kappa shape index (κ3) is 9.49.